The lowest BCUT2D eigenvalue weighted by atomic mass is 9.92. The number of aryl methyl sites for hydroxylation is 1. The van der Waals surface area contributed by atoms with E-state index in [0.717, 1.165) is 36.1 Å². The molecule has 1 N–H and O–H groups in total. The number of rotatable bonds is 3. The number of hydrogen-bond acceptors (Lipinski definition) is 6. The molecular formula is C18H16N6O. The van der Waals surface area contributed by atoms with Crippen LogP contribution in [0, 0.1) is 0 Å². The predicted octanol–water partition coefficient (Wildman–Crippen LogP) is 2.14. The van der Waals surface area contributed by atoms with Gasteiger partial charge in [-0.05, 0) is 31.4 Å². The van der Waals surface area contributed by atoms with Crippen molar-refractivity contribution in [2.75, 3.05) is 0 Å². The van der Waals surface area contributed by atoms with Crippen LogP contribution in [0.1, 0.15) is 40.6 Å². The second-order valence-electron chi connectivity index (χ2n) is 5.85. The Hall–Kier alpha value is -3.22. The Morgan fingerprint density at radius 3 is 2.80 bits per heavy atom. The van der Waals surface area contributed by atoms with Crippen molar-refractivity contribution in [3.63, 3.8) is 0 Å². The number of pyridine rings is 1. The van der Waals surface area contributed by atoms with Crippen molar-refractivity contribution in [3.8, 4) is 11.4 Å². The molecule has 3 aromatic heterocycles. The Morgan fingerprint density at radius 1 is 1.08 bits per heavy atom. The zero-order valence-corrected chi connectivity index (χ0v) is 13.5. The standard InChI is InChI=1S/C18H16N6O/c25-18(16-11-20-7-8-21-16)24-15-5-1-4-14-13(15)10-22-17(23-14)12-3-2-6-19-9-12/h2-3,6-11,15H,1,4-5H2,(H,24,25)/t15-/m0/s1. The monoisotopic (exact) mass is 332 g/mol. The Labute approximate surface area is 144 Å². The number of nitrogens with one attached hydrogen (secondary N) is 1. The molecule has 1 amide bonds. The highest BCUT2D eigenvalue weighted by Crippen LogP contribution is 2.29. The number of carbonyl (C=O) groups excluding carboxylic acids is 1. The van der Waals surface area contributed by atoms with Gasteiger partial charge in [0.15, 0.2) is 5.82 Å². The quantitative estimate of drug-likeness (QED) is 0.790. The van der Waals surface area contributed by atoms with Crippen LogP contribution in [0.25, 0.3) is 11.4 Å². The van der Waals surface area contributed by atoms with Crippen LogP contribution in [0.5, 0.6) is 0 Å². The Bertz CT molecular complexity index is 885. The number of fused-ring (bicyclic) bond motifs is 1. The molecule has 3 aromatic rings. The Morgan fingerprint density at radius 2 is 2.00 bits per heavy atom. The van der Waals surface area contributed by atoms with E-state index in [4.69, 9.17) is 0 Å². The van der Waals surface area contributed by atoms with Crippen LogP contribution in [0.15, 0.2) is 49.3 Å². The van der Waals surface area contributed by atoms with Crippen molar-refractivity contribution in [3.05, 3.63) is 66.3 Å². The highest BCUT2D eigenvalue weighted by Gasteiger charge is 2.24. The van der Waals surface area contributed by atoms with Crippen molar-refractivity contribution in [2.45, 2.75) is 25.3 Å². The zero-order valence-electron chi connectivity index (χ0n) is 13.5. The molecule has 3 heterocycles. The normalized spacial score (nSPS) is 16.1. The maximum absolute atomic E-state index is 12.3. The summed E-state index contributed by atoms with van der Waals surface area (Å²) in [6.45, 7) is 0. The van der Waals surface area contributed by atoms with Gasteiger partial charge in [-0.1, -0.05) is 0 Å². The lowest BCUT2D eigenvalue weighted by Gasteiger charge is -2.25. The van der Waals surface area contributed by atoms with Gasteiger partial charge in [0.2, 0.25) is 0 Å². The zero-order chi connectivity index (χ0) is 17.1. The molecule has 1 aliphatic rings. The van der Waals surface area contributed by atoms with E-state index in [9.17, 15) is 4.79 Å². The van der Waals surface area contributed by atoms with Crippen molar-refractivity contribution < 1.29 is 4.79 Å². The van der Waals surface area contributed by atoms with Crippen LogP contribution < -0.4 is 5.32 Å². The molecule has 1 atom stereocenters. The fourth-order valence-corrected chi connectivity index (χ4v) is 2.98. The molecule has 0 unspecified atom stereocenters. The molecule has 4 rings (SSSR count). The van der Waals surface area contributed by atoms with E-state index < -0.39 is 0 Å². The van der Waals surface area contributed by atoms with Gasteiger partial charge in [-0.3, -0.25) is 14.8 Å². The molecule has 25 heavy (non-hydrogen) atoms. The largest absolute Gasteiger partial charge is 0.344 e. The average molecular weight is 332 g/mol. The van der Waals surface area contributed by atoms with Gasteiger partial charge in [0.05, 0.1) is 12.2 Å². The van der Waals surface area contributed by atoms with E-state index in [1.165, 1.54) is 12.4 Å². The van der Waals surface area contributed by atoms with Crippen LogP contribution in [-0.4, -0.2) is 30.8 Å². The maximum Gasteiger partial charge on any atom is 0.271 e. The summed E-state index contributed by atoms with van der Waals surface area (Å²) >= 11 is 0. The van der Waals surface area contributed by atoms with Gasteiger partial charge in [-0.25, -0.2) is 15.0 Å². The van der Waals surface area contributed by atoms with Crippen molar-refractivity contribution in [1.82, 2.24) is 30.2 Å². The first-order chi connectivity index (χ1) is 12.3. The molecule has 1 aliphatic carbocycles. The van der Waals surface area contributed by atoms with Crippen LogP contribution in [0.2, 0.25) is 0 Å². The van der Waals surface area contributed by atoms with Crippen molar-refractivity contribution in [1.29, 1.82) is 0 Å². The minimum Gasteiger partial charge on any atom is -0.344 e. The molecule has 0 spiro atoms. The SMILES string of the molecule is O=C(N[C@H]1CCCc2nc(-c3cccnc3)ncc21)c1cnccn1. The van der Waals surface area contributed by atoms with Crippen LogP contribution in [0.4, 0.5) is 0 Å². The van der Waals surface area contributed by atoms with Crippen molar-refractivity contribution >= 4 is 5.91 Å². The summed E-state index contributed by atoms with van der Waals surface area (Å²) in [4.78, 5) is 33.6. The van der Waals surface area contributed by atoms with E-state index in [0.29, 0.717) is 11.5 Å². The summed E-state index contributed by atoms with van der Waals surface area (Å²) in [6, 6.07) is 3.69. The van der Waals surface area contributed by atoms with Crippen LogP contribution in [0.3, 0.4) is 0 Å². The average Bonchev–Trinajstić information content (AvgIpc) is 2.69. The molecule has 0 aliphatic heterocycles. The van der Waals surface area contributed by atoms with Gasteiger partial charge in [-0.2, -0.15) is 0 Å². The Kier molecular flexibility index (Phi) is 4.12. The molecule has 0 radical (unpaired) electrons. The van der Waals surface area contributed by atoms with E-state index >= 15 is 0 Å². The summed E-state index contributed by atoms with van der Waals surface area (Å²) in [5.74, 6) is 0.426. The predicted molar refractivity (Wildman–Crippen MR) is 90.4 cm³/mol. The van der Waals surface area contributed by atoms with Crippen LogP contribution in [-0.2, 0) is 6.42 Å². The highest BCUT2D eigenvalue weighted by atomic mass is 16.1. The number of carbonyl (C=O) groups is 1. The summed E-state index contributed by atoms with van der Waals surface area (Å²) in [7, 11) is 0. The van der Waals surface area contributed by atoms with E-state index in [1.807, 2.05) is 18.3 Å². The van der Waals surface area contributed by atoms with Gasteiger partial charge in [0.25, 0.3) is 5.91 Å². The fourth-order valence-electron chi connectivity index (χ4n) is 2.98. The minimum absolute atomic E-state index is 0.110. The fraction of sp³-hybridized carbons (Fsp3) is 0.222. The van der Waals surface area contributed by atoms with E-state index in [2.05, 4.69) is 30.2 Å². The second kappa shape index (κ2) is 6.72. The highest BCUT2D eigenvalue weighted by molar-refractivity contribution is 5.92. The topological polar surface area (TPSA) is 93.6 Å². The molecule has 0 fully saturated rings. The van der Waals surface area contributed by atoms with Gasteiger partial charge < -0.3 is 5.32 Å². The summed E-state index contributed by atoms with van der Waals surface area (Å²) < 4.78 is 0. The molecule has 0 aromatic carbocycles. The number of amides is 1. The molecular weight excluding hydrogens is 316 g/mol. The first kappa shape index (κ1) is 15.3. The first-order valence-corrected chi connectivity index (χ1v) is 8.14. The number of hydrogen-bond donors (Lipinski definition) is 1. The smallest absolute Gasteiger partial charge is 0.271 e. The van der Waals surface area contributed by atoms with Crippen LogP contribution >= 0.6 is 0 Å². The van der Waals surface area contributed by atoms with Crippen molar-refractivity contribution in [2.24, 2.45) is 0 Å². The summed E-state index contributed by atoms with van der Waals surface area (Å²) in [5, 5.41) is 3.02. The molecule has 7 nitrogen and oxygen atoms in total. The third kappa shape index (κ3) is 3.21. The Balaban J connectivity index is 1.59. The summed E-state index contributed by atoms with van der Waals surface area (Å²) in [6.07, 6.45) is 12.5. The molecule has 0 bridgehead atoms. The molecule has 0 saturated carbocycles. The van der Waals surface area contributed by atoms with Gasteiger partial charge in [0, 0.05) is 47.8 Å². The number of aromatic nitrogens is 5. The lowest BCUT2D eigenvalue weighted by molar-refractivity contribution is 0.0927. The molecule has 0 saturated heterocycles. The second-order valence-corrected chi connectivity index (χ2v) is 5.85. The lowest BCUT2D eigenvalue weighted by Crippen LogP contribution is -2.32. The minimum atomic E-state index is -0.234. The number of nitrogens with zero attached hydrogens (tertiary/aromatic N) is 5. The van der Waals surface area contributed by atoms with Gasteiger partial charge in [0.1, 0.15) is 5.69 Å². The van der Waals surface area contributed by atoms with Gasteiger partial charge >= 0.3 is 0 Å². The maximum atomic E-state index is 12.3. The van der Waals surface area contributed by atoms with E-state index in [1.54, 1.807) is 18.6 Å². The van der Waals surface area contributed by atoms with Gasteiger partial charge in [-0.15, -0.1) is 0 Å². The first-order valence-electron chi connectivity index (χ1n) is 8.14. The summed E-state index contributed by atoms with van der Waals surface area (Å²) in [5.41, 5.74) is 3.14. The third-order valence-corrected chi connectivity index (χ3v) is 4.20. The molecule has 124 valence electrons. The molecule has 7 heteroatoms. The van der Waals surface area contributed by atoms with E-state index in [-0.39, 0.29) is 11.9 Å². The third-order valence-electron chi connectivity index (χ3n) is 4.20.